The van der Waals surface area contributed by atoms with E-state index in [0.29, 0.717) is 30.2 Å². The molecule has 0 radical (unpaired) electrons. The highest BCUT2D eigenvalue weighted by Crippen LogP contribution is 2.35. The highest BCUT2D eigenvalue weighted by molar-refractivity contribution is 6.06. The molecule has 1 aliphatic rings. The van der Waals surface area contributed by atoms with Crippen molar-refractivity contribution in [2.45, 2.75) is 6.29 Å². The lowest BCUT2D eigenvalue weighted by Crippen LogP contribution is -2.15. The van der Waals surface area contributed by atoms with E-state index < -0.39 is 18.2 Å². The first-order valence-electron chi connectivity index (χ1n) is 11.4. The third kappa shape index (κ3) is 4.28. The number of carbonyl (C=O) groups excluding carboxylic acids is 2. The van der Waals surface area contributed by atoms with Gasteiger partial charge in [0.25, 0.3) is 0 Å². The summed E-state index contributed by atoms with van der Waals surface area (Å²) in [6.07, 6.45) is -0.406. The fraction of sp³-hybridized carbons (Fsp3) is 0.179. The second-order valence-corrected chi connectivity index (χ2v) is 8.04. The number of benzene rings is 3. The van der Waals surface area contributed by atoms with Crippen LogP contribution in [0.3, 0.4) is 0 Å². The first-order chi connectivity index (χ1) is 17.6. The van der Waals surface area contributed by atoms with Gasteiger partial charge in [0.1, 0.15) is 11.3 Å². The summed E-state index contributed by atoms with van der Waals surface area (Å²) in [7, 11) is 2.52. The maximum Gasteiger partial charge on any atom is 0.357 e. The average molecular weight is 485 g/mol. The Morgan fingerprint density at radius 1 is 0.806 bits per heavy atom. The first kappa shape index (κ1) is 23.5. The number of ether oxygens (including phenoxy) is 4. The van der Waals surface area contributed by atoms with Crippen molar-refractivity contribution in [3.05, 3.63) is 95.7 Å². The molecule has 182 valence electrons. The number of para-hydroxylation sites is 1. The summed E-state index contributed by atoms with van der Waals surface area (Å²) in [6, 6.07) is 24.5. The molecule has 0 atom stereocenters. The zero-order valence-corrected chi connectivity index (χ0v) is 19.8. The van der Waals surface area contributed by atoms with Gasteiger partial charge in [0, 0.05) is 11.1 Å². The van der Waals surface area contributed by atoms with Gasteiger partial charge in [-0.3, -0.25) is 0 Å². The first-order valence-corrected chi connectivity index (χ1v) is 11.4. The summed E-state index contributed by atoms with van der Waals surface area (Å²) in [4.78, 5) is 25.6. The molecule has 0 saturated carbocycles. The van der Waals surface area contributed by atoms with Crippen LogP contribution in [0.1, 0.15) is 32.7 Å². The molecule has 8 nitrogen and oxygen atoms in total. The molecule has 0 bridgehead atoms. The number of esters is 2. The molecule has 1 aliphatic heterocycles. The molecule has 0 unspecified atom stereocenters. The predicted molar refractivity (Wildman–Crippen MR) is 132 cm³/mol. The number of rotatable bonds is 6. The van der Waals surface area contributed by atoms with E-state index in [1.54, 1.807) is 12.1 Å². The summed E-state index contributed by atoms with van der Waals surface area (Å²) in [5, 5.41) is 4.65. The Morgan fingerprint density at radius 2 is 1.42 bits per heavy atom. The van der Waals surface area contributed by atoms with E-state index in [1.165, 1.54) is 18.9 Å². The van der Waals surface area contributed by atoms with Gasteiger partial charge in [-0.05, 0) is 23.3 Å². The Bertz CT molecular complexity index is 1390. The molecule has 0 spiro atoms. The van der Waals surface area contributed by atoms with E-state index in [4.69, 9.17) is 18.9 Å². The van der Waals surface area contributed by atoms with Crippen LogP contribution in [-0.2, 0) is 18.9 Å². The van der Waals surface area contributed by atoms with Crippen LogP contribution in [0.4, 0.5) is 0 Å². The molecule has 0 aliphatic carbocycles. The van der Waals surface area contributed by atoms with Crippen LogP contribution in [-0.4, -0.2) is 49.2 Å². The minimum absolute atomic E-state index is 0.00416. The zero-order chi connectivity index (χ0) is 25.1. The van der Waals surface area contributed by atoms with Gasteiger partial charge in [0.05, 0.1) is 33.1 Å². The fourth-order valence-electron chi connectivity index (χ4n) is 4.27. The Balaban J connectivity index is 1.62. The van der Waals surface area contributed by atoms with Crippen molar-refractivity contribution in [2.24, 2.45) is 0 Å². The lowest BCUT2D eigenvalue weighted by atomic mass is 9.97. The predicted octanol–water partition coefficient (Wildman–Crippen LogP) is 4.82. The van der Waals surface area contributed by atoms with Gasteiger partial charge >= 0.3 is 11.9 Å². The SMILES string of the molecule is COC(=O)c1c(-c2ccc(-c3ccccc3C3OCCO3)cc2)nn(-c2ccccc2)c1C(=O)OC. The van der Waals surface area contributed by atoms with Crippen molar-refractivity contribution in [1.29, 1.82) is 0 Å². The molecule has 1 saturated heterocycles. The largest absolute Gasteiger partial charge is 0.465 e. The Labute approximate surface area is 208 Å². The molecule has 0 amide bonds. The Morgan fingerprint density at radius 3 is 2.08 bits per heavy atom. The quantitative estimate of drug-likeness (QED) is 0.362. The van der Waals surface area contributed by atoms with Crippen LogP contribution in [0.15, 0.2) is 78.9 Å². The lowest BCUT2D eigenvalue weighted by Gasteiger charge is -2.15. The highest BCUT2D eigenvalue weighted by atomic mass is 16.7. The molecule has 2 heterocycles. The molecular weight excluding hydrogens is 460 g/mol. The summed E-state index contributed by atoms with van der Waals surface area (Å²) in [5.74, 6) is -1.38. The fourth-order valence-corrected chi connectivity index (χ4v) is 4.27. The van der Waals surface area contributed by atoms with Crippen molar-refractivity contribution >= 4 is 11.9 Å². The van der Waals surface area contributed by atoms with Crippen molar-refractivity contribution in [3.8, 4) is 28.1 Å². The minimum atomic E-state index is -0.694. The van der Waals surface area contributed by atoms with Gasteiger partial charge in [0.15, 0.2) is 12.0 Å². The monoisotopic (exact) mass is 484 g/mol. The average Bonchev–Trinajstić information content (AvgIpc) is 3.62. The van der Waals surface area contributed by atoms with Crippen molar-refractivity contribution < 1.29 is 28.5 Å². The number of carbonyl (C=O) groups is 2. The van der Waals surface area contributed by atoms with Crippen LogP contribution >= 0.6 is 0 Å². The second kappa shape index (κ2) is 10.2. The van der Waals surface area contributed by atoms with Crippen LogP contribution in [0.5, 0.6) is 0 Å². The number of methoxy groups -OCH3 is 2. The number of hydrogen-bond acceptors (Lipinski definition) is 7. The molecule has 36 heavy (non-hydrogen) atoms. The summed E-state index contributed by atoms with van der Waals surface area (Å²) >= 11 is 0. The summed E-state index contributed by atoms with van der Waals surface area (Å²) in [5.41, 5.74) is 4.47. The summed E-state index contributed by atoms with van der Waals surface area (Å²) in [6.45, 7) is 1.11. The van der Waals surface area contributed by atoms with Crippen LogP contribution in [0, 0.1) is 0 Å². The number of nitrogens with zero attached hydrogens (tertiary/aromatic N) is 2. The van der Waals surface area contributed by atoms with E-state index in [2.05, 4.69) is 5.10 Å². The van der Waals surface area contributed by atoms with Gasteiger partial charge in [-0.1, -0.05) is 66.7 Å². The molecule has 1 fully saturated rings. The van der Waals surface area contributed by atoms with Gasteiger partial charge in [-0.2, -0.15) is 5.10 Å². The molecule has 0 N–H and O–H groups in total. The normalized spacial score (nSPS) is 13.5. The van der Waals surface area contributed by atoms with Crippen LogP contribution < -0.4 is 0 Å². The third-order valence-corrected chi connectivity index (χ3v) is 5.96. The van der Waals surface area contributed by atoms with Crippen LogP contribution in [0.2, 0.25) is 0 Å². The molecule has 1 aromatic heterocycles. The van der Waals surface area contributed by atoms with E-state index >= 15 is 0 Å². The van der Waals surface area contributed by atoms with E-state index in [1.807, 2.05) is 66.7 Å². The van der Waals surface area contributed by atoms with Gasteiger partial charge in [-0.15, -0.1) is 0 Å². The second-order valence-electron chi connectivity index (χ2n) is 8.04. The van der Waals surface area contributed by atoms with E-state index in [-0.39, 0.29) is 11.3 Å². The molecule has 5 rings (SSSR count). The van der Waals surface area contributed by atoms with Gasteiger partial charge in [-0.25, -0.2) is 14.3 Å². The Kier molecular flexibility index (Phi) is 6.62. The van der Waals surface area contributed by atoms with Crippen LogP contribution in [0.25, 0.3) is 28.1 Å². The molecule has 8 heteroatoms. The topological polar surface area (TPSA) is 88.9 Å². The third-order valence-electron chi connectivity index (χ3n) is 5.96. The van der Waals surface area contributed by atoms with Gasteiger partial charge < -0.3 is 18.9 Å². The Hall–Kier alpha value is -4.27. The number of hydrogen-bond donors (Lipinski definition) is 0. The molecular formula is C28H24N2O6. The standard InChI is InChI=1S/C28H24N2O6/c1-33-26(31)23-24(29-30(25(23)27(32)34-2)20-8-4-3-5-9-20)19-14-12-18(13-15-19)21-10-6-7-11-22(21)28-35-16-17-36-28/h3-15,28H,16-17H2,1-2H3. The smallest absolute Gasteiger partial charge is 0.357 e. The van der Waals surface area contributed by atoms with E-state index in [0.717, 1.165) is 16.7 Å². The lowest BCUT2D eigenvalue weighted by molar-refractivity contribution is -0.0436. The van der Waals surface area contributed by atoms with E-state index in [9.17, 15) is 9.59 Å². The van der Waals surface area contributed by atoms with Gasteiger partial charge in [0.2, 0.25) is 0 Å². The molecule has 3 aromatic carbocycles. The summed E-state index contributed by atoms with van der Waals surface area (Å²) < 4.78 is 22.8. The molecule has 4 aromatic rings. The van der Waals surface area contributed by atoms with Crippen molar-refractivity contribution in [1.82, 2.24) is 9.78 Å². The number of aromatic nitrogens is 2. The van der Waals surface area contributed by atoms with Crippen molar-refractivity contribution in [3.63, 3.8) is 0 Å². The maximum absolute atomic E-state index is 12.9. The zero-order valence-electron chi connectivity index (χ0n) is 19.8. The maximum atomic E-state index is 12.9. The minimum Gasteiger partial charge on any atom is -0.465 e. The van der Waals surface area contributed by atoms with Crippen molar-refractivity contribution in [2.75, 3.05) is 27.4 Å². The highest BCUT2D eigenvalue weighted by Gasteiger charge is 2.31.